The van der Waals surface area contributed by atoms with Crippen LogP contribution in [0.2, 0.25) is 0 Å². The fraction of sp³-hybridized carbons (Fsp3) is 0.458. The number of aromatic nitrogens is 2. The number of H-pyrrole nitrogens is 1. The van der Waals surface area contributed by atoms with E-state index in [1.165, 1.54) is 4.88 Å². The second kappa shape index (κ2) is 9.82. The number of benzene rings is 1. The van der Waals surface area contributed by atoms with E-state index in [1.807, 2.05) is 0 Å². The van der Waals surface area contributed by atoms with Crippen molar-refractivity contribution in [3.63, 3.8) is 0 Å². The van der Waals surface area contributed by atoms with Gasteiger partial charge in [0.05, 0.1) is 26.7 Å². The summed E-state index contributed by atoms with van der Waals surface area (Å²) in [7, 11) is 4.63. The summed E-state index contributed by atoms with van der Waals surface area (Å²) in [6.45, 7) is 2.16. The Bertz CT molecular complexity index is 1210. The second-order valence-electron chi connectivity index (χ2n) is 8.24. The number of carbonyl (C=O) groups excluding carboxylic acids is 1. The van der Waals surface area contributed by atoms with Gasteiger partial charge in [-0.15, -0.1) is 11.3 Å². The summed E-state index contributed by atoms with van der Waals surface area (Å²) in [5.41, 5.74) is 1.83. The van der Waals surface area contributed by atoms with Gasteiger partial charge in [0, 0.05) is 11.3 Å². The lowest BCUT2D eigenvalue weighted by Gasteiger charge is -2.17. The fourth-order valence-electron chi connectivity index (χ4n) is 4.21. The van der Waals surface area contributed by atoms with Gasteiger partial charge < -0.3 is 23.9 Å². The third-order valence-corrected chi connectivity index (χ3v) is 7.07. The number of nitrogens with zero attached hydrogens (tertiary/aromatic N) is 1. The molecule has 1 atom stereocenters. The van der Waals surface area contributed by atoms with Gasteiger partial charge in [0.2, 0.25) is 5.75 Å². The van der Waals surface area contributed by atoms with E-state index in [9.17, 15) is 9.59 Å². The van der Waals surface area contributed by atoms with E-state index in [1.54, 1.807) is 44.8 Å². The number of rotatable bonds is 8. The molecule has 0 spiro atoms. The van der Waals surface area contributed by atoms with Crippen molar-refractivity contribution in [2.45, 2.75) is 45.6 Å². The number of ether oxygens (including phenoxy) is 4. The highest BCUT2D eigenvalue weighted by atomic mass is 32.1. The molecule has 33 heavy (non-hydrogen) atoms. The van der Waals surface area contributed by atoms with Crippen molar-refractivity contribution in [1.29, 1.82) is 0 Å². The van der Waals surface area contributed by atoms with Crippen molar-refractivity contribution in [1.82, 2.24) is 9.97 Å². The molecule has 176 valence electrons. The lowest BCUT2D eigenvalue weighted by molar-refractivity contribution is -0.145. The first kappa shape index (κ1) is 23.1. The van der Waals surface area contributed by atoms with E-state index in [4.69, 9.17) is 18.9 Å². The number of aryl methyl sites for hydroxylation is 2. The number of esters is 1. The Morgan fingerprint density at radius 1 is 1.18 bits per heavy atom. The Kier molecular flexibility index (Phi) is 6.88. The highest BCUT2D eigenvalue weighted by molar-refractivity contribution is 7.18. The van der Waals surface area contributed by atoms with Crippen LogP contribution in [0.4, 0.5) is 0 Å². The molecule has 1 N–H and O–H groups in total. The molecule has 1 aromatic carbocycles. The van der Waals surface area contributed by atoms with Crippen molar-refractivity contribution in [2.75, 3.05) is 21.3 Å². The zero-order valence-electron chi connectivity index (χ0n) is 19.3. The highest BCUT2D eigenvalue weighted by Gasteiger charge is 2.23. The first-order valence-corrected chi connectivity index (χ1v) is 11.7. The largest absolute Gasteiger partial charge is 0.493 e. The molecular weight excluding hydrogens is 444 g/mol. The van der Waals surface area contributed by atoms with Gasteiger partial charge in [-0.3, -0.25) is 9.59 Å². The number of hydrogen-bond donors (Lipinski definition) is 1. The summed E-state index contributed by atoms with van der Waals surface area (Å²) in [4.78, 5) is 34.3. The van der Waals surface area contributed by atoms with Crippen LogP contribution in [-0.4, -0.2) is 37.3 Å². The van der Waals surface area contributed by atoms with Gasteiger partial charge in [-0.1, -0.05) is 6.92 Å². The zero-order chi connectivity index (χ0) is 23.5. The Morgan fingerprint density at radius 2 is 1.91 bits per heavy atom. The minimum Gasteiger partial charge on any atom is -0.493 e. The van der Waals surface area contributed by atoms with E-state index in [0.717, 1.165) is 35.2 Å². The minimum absolute atomic E-state index is 0.0712. The number of nitrogens with one attached hydrogen (secondary N) is 1. The number of thiophene rings is 1. The molecule has 2 aromatic heterocycles. The lowest BCUT2D eigenvalue weighted by atomic mass is 9.89. The molecule has 9 heteroatoms. The van der Waals surface area contributed by atoms with Crippen molar-refractivity contribution >= 4 is 27.5 Å². The fourth-order valence-corrected chi connectivity index (χ4v) is 5.61. The zero-order valence-corrected chi connectivity index (χ0v) is 20.1. The average Bonchev–Trinajstić information content (AvgIpc) is 3.18. The van der Waals surface area contributed by atoms with Crippen LogP contribution in [0.1, 0.15) is 41.6 Å². The minimum atomic E-state index is -0.384. The standard InChI is InChI=1S/C24H28N2O6S/c1-13-5-7-15-18(9-13)33-24-21(15)23(28)25-19(26-24)12-32-20(27)8-6-14-10-16(29-2)22(31-4)17(11-14)30-3/h10-11,13H,5-9,12H2,1-4H3,(H,25,26,28)/t13-/m1/s1. The molecule has 0 radical (unpaired) electrons. The predicted molar refractivity (Wildman–Crippen MR) is 126 cm³/mol. The maximum atomic E-state index is 12.7. The van der Waals surface area contributed by atoms with Gasteiger partial charge in [-0.25, -0.2) is 4.98 Å². The van der Waals surface area contributed by atoms with Crippen molar-refractivity contribution < 1.29 is 23.7 Å². The quantitative estimate of drug-likeness (QED) is 0.498. The number of methoxy groups -OCH3 is 3. The first-order chi connectivity index (χ1) is 15.9. The van der Waals surface area contributed by atoms with E-state index in [-0.39, 0.29) is 24.6 Å². The monoisotopic (exact) mass is 472 g/mol. The van der Waals surface area contributed by atoms with Crippen molar-refractivity contribution in [2.24, 2.45) is 5.92 Å². The second-order valence-corrected chi connectivity index (χ2v) is 9.32. The molecule has 8 nitrogen and oxygen atoms in total. The van der Waals surface area contributed by atoms with Gasteiger partial charge in [0.15, 0.2) is 11.5 Å². The number of fused-ring (bicyclic) bond motifs is 3. The van der Waals surface area contributed by atoms with Crippen molar-refractivity contribution in [3.05, 3.63) is 44.3 Å². The molecule has 0 amide bonds. The molecule has 4 rings (SSSR count). The number of carbonyl (C=O) groups is 1. The molecule has 1 aliphatic rings. The Morgan fingerprint density at radius 3 is 2.58 bits per heavy atom. The smallest absolute Gasteiger partial charge is 0.306 e. The van der Waals surface area contributed by atoms with E-state index < -0.39 is 0 Å². The van der Waals surface area contributed by atoms with Crippen LogP contribution in [0, 0.1) is 5.92 Å². The third-order valence-electron chi connectivity index (χ3n) is 5.93. The van der Waals surface area contributed by atoms with Crippen LogP contribution >= 0.6 is 11.3 Å². The van der Waals surface area contributed by atoms with Gasteiger partial charge in [-0.05, 0) is 54.9 Å². The summed E-state index contributed by atoms with van der Waals surface area (Å²) in [6.07, 6.45) is 3.59. The van der Waals surface area contributed by atoms with Gasteiger partial charge in [0.1, 0.15) is 17.3 Å². The molecule has 2 heterocycles. The topological polar surface area (TPSA) is 99.7 Å². The van der Waals surface area contributed by atoms with E-state index in [0.29, 0.717) is 40.8 Å². The molecule has 1 aliphatic carbocycles. The van der Waals surface area contributed by atoms with Crippen LogP contribution in [0.3, 0.4) is 0 Å². The average molecular weight is 473 g/mol. The Balaban J connectivity index is 1.41. The molecule has 0 saturated heterocycles. The summed E-state index contributed by atoms with van der Waals surface area (Å²) in [5, 5.41) is 0.694. The molecule has 3 aromatic rings. The van der Waals surface area contributed by atoms with Crippen LogP contribution < -0.4 is 19.8 Å². The molecule has 0 aliphatic heterocycles. The summed E-state index contributed by atoms with van der Waals surface area (Å²) < 4.78 is 21.4. The molecule has 0 bridgehead atoms. The third kappa shape index (κ3) is 4.83. The Labute approximate surface area is 195 Å². The normalized spacial score (nSPS) is 15.2. The van der Waals surface area contributed by atoms with Gasteiger partial charge in [0.25, 0.3) is 5.56 Å². The maximum Gasteiger partial charge on any atom is 0.306 e. The van der Waals surface area contributed by atoms with E-state index in [2.05, 4.69) is 16.9 Å². The van der Waals surface area contributed by atoms with Crippen molar-refractivity contribution in [3.8, 4) is 17.2 Å². The maximum absolute atomic E-state index is 12.7. The highest BCUT2D eigenvalue weighted by Crippen LogP contribution is 2.38. The molecule has 0 saturated carbocycles. The molecule has 0 fully saturated rings. The van der Waals surface area contributed by atoms with Crippen LogP contribution in [-0.2, 0) is 35.4 Å². The van der Waals surface area contributed by atoms with Crippen LogP contribution in [0.25, 0.3) is 10.2 Å². The lowest BCUT2D eigenvalue weighted by Crippen LogP contribution is -2.16. The summed E-state index contributed by atoms with van der Waals surface area (Å²) in [6, 6.07) is 3.61. The summed E-state index contributed by atoms with van der Waals surface area (Å²) >= 11 is 1.58. The van der Waals surface area contributed by atoms with Gasteiger partial charge in [-0.2, -0.15) is 0 Å². The Hall–Kier alpha value is -3.07. The van der Waals surface area contributed by atoms with Crippen LogP contribution in [0.15, 0.2) is 16.9 Å². The van der Waals surface area contributed by atoms with E-state index >= 15 is 0 Å². The molecular formula is C24H28N2O6S. The van der Waals surface area contributed by atoms with Gasteiger partial charge >= 0.3 is 5.97 Å². The number of aromatic amines is 1. The predicted octanol–water partition coefficient (Wildman–Crippen LogP) is 3.81. The SMILES string of the molecule is COc1cc(CCC(=O)OCc2nc3sc4c(c3c(=O)[nH]2)CC[C@@H](C)C4)cc(OC)c1OC. The molecule has 0 unspecified atom stereocenters. The number of hydrogen-bond acceptors (Lipinski definition) is 8. The van der Waals surface area contributed by atoms with Crippen LogP contribution in [0.5, 0.6) is 17.2 Å². The summed E-state index contributed by atoms with van der Waals surface area (Å²) in [5.74, 6) is 2.16. The first-order valence-electron chi connectivity index (χ1n) is 10.9.